The van der Waals surface area contributed by atoms with Crippen LogP contribution in [0.1, 0.15) is 11.9 Å². The maximum Gasteiger partial charge on any atom is 0.240 e. The highest BCUT2D eigenvalue weighted by atomic mass is 16.7. The smallest absolute Gasteiger partial charge is 0.240 e. The lowest BCUT2D eigenvalue weighted by Gasteiger charge is -2.10. The molecular weight excluding hydrogens is 254 g/mol. The van der Waals surface area contributed by atoms with Crippen molar-refractivity contribution in [1.29, 1.82) is 0 Å². The summed E-state index contributed by atoms with van der Waals surface area (Å²) in [6, 6.07) is 15.5. The summed E-state index contributed by atoms with van der Waals surface area (Å²) in [6.45, 7) is 1.29. The van der Waals surface area contributed by atoms with E-state index >= 15 is 0 Å². The molecule has 4 heteroatoms. The van der Waals surface area contributed by atoms with Crippen LogP contribution in [0.4, 0.5) is 5.69 Å². The van der Waals surface area contributed by atoms with Crippen molar-refractivity contribution in [1.82, 2.24) is 0 Å². The second kappa shape index (κ2) is 5.80. The zero-order valence-electron chi connectivity index (χ0n) is 10.8. The Balaban J connectivity index is 1.81. The van der Waals surface area contributed by atoms with Crippen molar-refractivity contribution < 1.29 is 14.3 Å². The van der Waals surface area contributed by atoms with Crippen LogP contribution in [-0.4, -0.2) is 19.3 Å². The third-order valence-electron chi connectivity index (χ3n) is 3.18. The molecule has 4 nitrogen and oxygen atoms in total. The summed E-state index contributed by atoms with van der Waals surface area (Å²) in [5, 5.41) is 0. The standard InChI is InChI=1S/C16H13NO3/c18-11-17-15-7-5-13(6-8-15)12-1-3-14(4-2-12)16-19-9-10-20-16/h1-8,16H,9-10H2. The van der Waals surface area contributed by atoms with E-state index in [9.17, 15) is 4.79 Å². The molecule has 1 fully saturated rings. The van der Waals surface area contributed by atoms with Gasteiger partial charge >= 0.3 is 0 Å². The topological polar surface area (TPSA) is 47.9 Å². The van der Waals surface area contributed by atoms with Gasteiger partial charge in [-0.1, -0.05) is 36.4 Å². The molecule has 1 aliphatic heterocycles. The van der Waals surface area contributed by atoms with Gasteiger partial charge in [-0.15, -0.1) is 0 Å². The Kier molecular flexibility index (Phi) is 3.70. The number of nitrogens with zero attached hydrogens (tertiary/aromatic N) is 1. The van der Waals surface area contributed by atoms with Gasteiger partial charge in [0.2, 0.25) is 6.08 Å². The number of hydrogen-bond donors (Lipinski definition) is 0. The number of benzene rings is 2. The van der Waals surface area contributed by atoms with Gasteiger partial charge in [0.15, 0.2) is 6.29 Å². The first-order valence-electron chi connectivity index (χ1n) is 6.38. The number of aliphatic imine (C=N–C) groups is 1. The molecule has 0 spiro atoms. The molecule has 0 unspecified atom stereocenters. The normalized spacial score (nSPS) is 15.0. The summed E-state index contributed by atoms with van der Waals surface area (Å²) in [7, 11) is 0. The van der Waals surface area contributed by atoms with Crippen molar-refractivity contribution in [3.8, 4) is 11.1 Å². The van der Waals surface area contributed by atoms with Crippen LogP contribution >= 0.6 is 0 Å². The maximum atomic E-state index is 10.2. The van der Waals surface area contributed by atoms with Gasteiger partial charge in [-0.2, -0.15) is 4.99 Å². The van der Waals surface area contributed by atoms with Crippen molar-refractivity contribution in [2.24, 2.45) is 4.99 Å². The number of hydrogen-bond acceptors (Lipinski definition) is 4. The molecule has 0 saturated carbocycles. The molecule has 3 rings (SSSR count). The summed E-state index contributed by atoms with van der Waals surface area (Å²) < 4.78 is 10.9. The first kappa shape index (κ1) is 12.8. The zero-order chi connectivity index (χ0) is 13.8. The fourth-order valence-corrected chi connectivity index (χ4v) is 2.16. The fourth-order valence-electron chi connectivity index (χ4n) is 2.16. The van der Waals surface area contributed by atoms with E-state index in [-0.39, 0.29) is 6.29 Å². The Bertz CT molecular complexity index is 622. The van der Waals surface area contributed by atoms with Crippen LogP contribution in [0.3, 0.4) is 0 Å². The van der Waals surface area contributed by atoms with E-state index in [1.54, 1.807) is 12.1 Å². The minimum absolute atomic E-state index is 0.242. The fraction of sp³-hybridized carbons (Fsp3) is 0.188. The molecular formula is C16H13NO3. The van der Waals surface area contributed by atoms with Gasteiger partial charge in [-0.25, -0.2) is 4.79 Å². The van der Waals surface area contributed by atoms with Crippen LogP contribution < -0.4 is 0 Å². The van der Waals surface area contributed by atoms with Gasteiger partial charge in [0, 0.05) is 5.56 Å². The molecule has 0 bridgehead atoms. The van der Waals surface area contributed by atoms with Gasteiger partial charge in [-0.05, 0) is 23.3 Å². The van der Waals surface area contributed by atoms with Gasteiger partial charge in [0.1, 0.15) is 0 Å². The highest BCUT2D eigenvalue weighted by molar-refractivity contribution is 5.66. The Morgan fingerprint density at radius 3 is 2.00 bits per heavy atom. The largest absolute Gasteiger partial charge is 0.346 e. The molecule has 100 valence electrons. The lowest BCUT2D eigenvalue weighted by Crippen LogP contribution is -1.97. The maximum absolute atomic E-state index is 10.2. The molecule has 1 heterocycles. The van der Waals surface area contributed by atoms with Crippen molar-refractivity contribution in [3.63, 3.8) is 0 Å². The number of rotatable bonds is 3. The average Bonchev–Trinajstić information content (AvgIpc) is 3.03. The van der Waals surface area contributed by atoms with Gasteiger partial charge in [-0.3, -0.25) is 0 Å². The molecule has 1 aliphatic rings. The Labute approximate surface area is 116 Å². The van der Waals surface area contributed by atoms with Crippen LogP contribution in [0, 0.1) is 0 Å². The van der Waals surface area contributed by atoms with Crippen LogP contribution in [0.5, 0.6) is 0 Å². The zero-order valence-corrected chi connectivity index (χ0v) is 10.8. The lowest BCUT2D eigenvalue weighted by atomic mass is 10.0. The second-order valence-electron chi connectivity index (χ2n) is 4.45. The highest BCUT2D eigenvalue weighted by Crippen LogP contribution is 2.27. The van der Waals surface area contributed by atoms with Crippen LogP contribution in [0.2, 0.25) is 0 Å². The van der Waals surface area contributed by atoms with Crippen LogP contribution in [0.15, 0.2) is 53.5 Å². The molecule has 0 amide bonds. The van der Waals surface area contributed by atoms with E-state index in [1.165, 1.54) is 6.08 Å². The quantitative estimate of drug-likeness (QED) is 0.632. The molecule has 2 aromatic rings. The predicted molar refractivity (Wildman–Crippen MR) is 74.3 cm³/mol. The first-order valence-corrected chi connectivity index (χ1v) is 6.38. The SMILES string of the molecule is O=C=Nc1ccc(-c2ccc(C3OCCO3)cc2)cc1. The van der Waals surface area contributed by atoms with E-state index in [0.29, 0.717) is 18.9 Å². The lowest BCUT2D eigenvalue weighted by molar-refractivity contribution is -0.0441. The van der Waals surface area contributed by atoms with Crippen molar-refractivity contribution in [3.05, 3.63) is 54.1 Å². The molecule has 20 heavy (non-hydrogen) atoms. The third-order valence-corrected chi connectivity index (χ3v) is 3.18. The summed E-state index contributed by atoms with van der Waals surface area (Å²) in [6.07, 6.45) is 1.29. The molecule has 0 N–H and O–H groups in total. The van der Waals surface area contributed by atoms with E-state index < -0.39 is 0 Å². The van der Waals surface area contributed by atoms with Crippen molar-refractivity contribution in [2.45, 2.75) is 6.29 Å². The van der Waals surface area contributed by atoms with E-state index in [0.717, 1.165) is 16.7 Å². The van der Waals surface area contributed by atoms with E-state index in [4.69, 9.17) is 9.47 Å². The van der Waals surface area contributed by atoms with E-state index in [2.05, 4.69) is 4.99 Å². The number of ether oxygens (including phenoxy) is 2. The summed E-state index contributed by atoms with van der Waals surface area (Å²) >= 11 is 0. The summed E-state index contributed by atoms with van der Waals surface area (Å²) in [4.78, 5) is 13.7. The minimum atomic E-state index is -0.242. The molecule has 0 aromatic heterocycles. The molecule has 0 aliphatic carbocycles. The average molecular weight is 267 g/mol. The Hall–Kier alpha value is -2.26. The minimum Gasteiger partial charge on any atom is -0.346 e. The Morgan fingerprint density at radius 1 is 0.900 bits per heavy atom. The predicted octanol–water partition coefficient (Wildman–Crippen LogP) is 3.37. The van der Waals surface area contributed by atoms with Crippen molar-refractivity contribution in [2.75, 3.05) is 13.2 Å². The first-order chi connectivity index (χ1) is 9.86. The number of carbonyl (C=O) groups excluding carboxylic acids is 1. The van der Waals surface area contributed by atoms with Gasteiger partial charge < -0.3 is 9.47 Å². The summed E-state index contributed by atoms with van der Waals surface area (Å²) in [5.41, 5.74) is 3.78. The molecule has 1 saturated heterocycles. The van der Waals surface area contributed by atoms with Crippen molar-refractivity contribution >= 4 is 11.8 Å². The van der Waals surface area contributed by atoms with E-state index in [1.807, 2.05) is 36.4 Å². The molecule has 0 atom stereocenters. The summed E-state index contributed by atoms with van der Waals surface area (Å²) in [5.74, 6) is 0. The highest BCUT2D eigenvalue weighted by Gasteiger charge is 2.17. The van der Waals surface area contributed by atoms with Gasteiger partial charge in [0.05, 0.1) is 18.9 Å². The molecule has 0 radical (unpaired) electrons. The number of isocyanates is 1. The van der Waals surface area contributed by atoms with Crippen LogP contribution in [-0.2, 0) is 14.3 Å². The Morgan fingerprint density at radius 2 is 1.45 bits per heavy atom. The van der Waals surface area contributed by atoms with Crippen LogP contribution in [0.25, 0.3) is 11.1 Å². The van der Waals surface area contributed by atoms with Gasteiger partial charge in [0.25, 0.3) is 0 Å². The molecule has 2 aromatic carbocycles. The monoisotopic (exact) mass is 267 g/mol. The third kappa shape index (κ3) is 2.68. The second-order valence-corrected chi connectivity index (χ2v) is 4.45.